The largest absolute Gasteiger partial charge is 0.462 e. The van der Waals surface area contributed by atoms with Crippen LogP contribution in [0.4, 0.5) is 5.69 Å². The number of aromatic nitrogens is 1. The zero-order valence-corrected chi connectivity index (χ0v) is 18.2. The first-order valence-electron chi connectivity index (χ1n) is 9.56. The van der Waals surface area contributed by atoms with Gasteiger partial charge in [-0.15, -0.1) is 0 Å². The highest BCUT2D eigenvalue weighted by molar-refractivity contribution is 7.99. The van der Waals surface area contributed by atoms with E-state index in [1.54, 1.807) is 37.3 Å². The normalized spacial score (nSPS) is 14.4. The number of thioether (sulfide) groups is 1. The summed E-state index contributed by atoms with van der Waals surface area (Å²) < 4.78 is 31.4. The summed E-state index contributed by atoms with van der Waals surface area (Å²) in [5, 5.41) is 3.30. The molecule has 1 amide bonds. The Labute approximate surface area is 180 Å². The molecule has 1 aromatic carbocycles. The molecule has 2 aromatic rings. The fourth-order valence-corrected chi connectivity index (χ4v) is 5.03. The summed E-state index contributed by atoms with van der Waals surface area (Å²) in [4.78, 5) is 28.1. The molecule has 1 saturated heterocycles. The second-order valence-electron chi connectivity index (χ2n) is 6.58. The molecule has 0 spiro atoms. The average molecular weight is 450 g/mol. The van der Waals surface area contributed by atoms with Gasteiger partial charge in [0.2, 0.25) is 15.9 Å². The summed E-state index contributed by atoms with van der Waals surface area (Å²) in [7, 11) is -3.49. The second kappa shape index (κ2) is 10.1. The van der Waals surface area contributed by atoms with Crippen molar-refractivity contribution >= 4 is 39.3 Å². The number of hydrogen-bond acceptors (Lipinski definition) is 7. The molecule has 10 heteroatoms. The zero-order chi connectivity index (χ0) is 21.6. The second-order valence-corrected chi connectivity index (χ2v) is 9.51. The number of sulfonamides is 1. The third kappa shape index (κ3) is 5.59. The lowest BCUT2D eigenvalue weighted by molar-refractivity contribution is -0.113. The number of esters is 1. The summed E-state index contributed by atoms with van der Waals surface area (Å²) in [6, 6.07) is 9.56. The third-order valence-electron chi connectivity index (χ3n) is 4.44. The van der Waals surface area contributed by atoms with Crippen LogP contribution in [-0.4, -0.2) is 55.0 Å². The Kier molecular flexibility index (Phi) is 7.46. The predicted molar refractivity (Wildman–Crippen MR) is 114 cm³/mol. The van der Waals surface area contributed by atoms with Crippen LogP contribution in [0.1, 0.15) is 30.1 Å². The summed E-state index contributed by atoms with van der Waals surface area (Å²) in [5.74, 6) is -0.531. The lowest BCUT2D eigenvalue weighted by atomic mass is 10.2. The molecule has 0 saturated carbocycles. The Morgan fingerprint density at radius 2 is 1.83 bits per heavy atom. The number of pyridine rings is 1. The number of nitrogens with zero attached hydrogens (tertiary/aromatic N) is 2. The minimum absolute atomic E-state index is 0.116. The maximum atomic E-state index is 12.5. The highest BCUT2D eigenvalue weighted by atomic mass is 32.2. The van der Waals surface area contributed by atoms with Gasteiger partial charge in [0.15, 0.2) is 0 Å². The van der Waals surface area contributed by atoms with E-state index >= 15 is 0 Å². The van der Waals surface area contributed by atoms with Gasteiger partial charge in [0, 0.05) is 25.0 Å². The predicted octanol–water partition coefficient (Wildman–Crippen LogP) is 2.77. The fraction of sp³-hybridized carbons (Fsp3) is 0.350. The van der Waals surface area contributed by atoms with Gasteiger partial charge in [0.1, 0.15) is 4.90 Å². The molecule has 0 aliphatic carbocycles. The van der Waals surface area contributed by atoms with Gasteiger partial charge in [-0.05, 0) is 56.2 Å². The Bertz CT molecular complexity index is 986. The maximum absolute atomic E-state index is 12.5. The number of rotatable bonds is 8. The average Bonchev–Trinajstić information content (AvgIpc) is 3.29. The van der Waals surface area contributed by atoms with Crippen molar-refractivity contribution in [1.82, 2.24) is 9.29 Å². The van der Waals surface area contributed by atoms with E-state index in [-0.39, 0.29) is 16.6 Å². The monoisotopic (exact) mass is 449 g/mol. The van der Waals surface area contributed by atoms with Crippen LogP contribution >= 0.6 is 11.8 Å². The molecule has 1 N–H and O–H groups in total. The van der Waals surface area contributed by atoms with E-state index in [1.807, 2.05) is 0 Å². The molecule has 160 valence electrons. The van der Waals surface area contributed by atoms with Crippen molar-refractivity contribution in [1.29, 1.82) is 0 Å². The summed E-state index contributed by atoms with van der Waals surface area (Å²) in [5.41, 5.74) is 0.978. The van der Waals surface area contributed by atoms with Crippen LogP contribution in [0.3, 0.4) is 0 Å². The molecule has 2 heterocycles. The van der Waals surface area contributed by atoms with Gasteiger partial charge in [-0.2, -0.15) is 4.31 Å². The van der Waals surface area contributed by atoms with E-state index in [0.717, 1.165) is 12.8 Å². The van der Waals surface area contributed by atoms with E-state index in [2.05, 4.69) is 10.3 Å². The molecular formula is C20H23N3O5S2. The number of nitrogens with one attached hydrogen (secondary N) is 1. The molecule has 0 radical (unpaired) electrons. The van der Waals surface area contributed by atoms with Crippen molar-refractivity contribution in [2.75, 3.05) is 30.8 Å². The molecule has 1 aromatic heterocycles. The number of amides is 1. The molecule has 30 heavy (non-hydrogen) atoms. The first kappa shape index (κ1) is 22.3. The van der Waals surface area contributed by atoms with Gasteiger partial charge in [-0.1, -0.05) is 11.8 Å². The van der Waals surface area contributed by atoms with Crippen LogP contribution in [-0.2, 0) is 19.6 Å². The fourth-order valence-electron chi connectivity index (χ4n) is 2.92. The van der Waals surface area contributed by atoms with Crippen LogP contribution in [0, 0.1) is 0 Å². The quantitative estimate of drug-likeness (QED) is 0.488. The van der Waals surface area contributed by atoms with Crippen molar-refractivity contribution in [2.45, 2.75) is 29.7 Å². The highest BCUT2D eigenvalue weighted by Gasteiger charge is 2.27. The zero-order valence-electron chi connectivity index (χ0n) is 16.5. The van der Waals surface area contributed by atoms with Gasteiger partial charge in [-0.25, -0.2) is 18.2 Å². The highest BCUT2D eigenvalue weighted by Crippen LogP contribution is 2.22. The molecule has 0 atom stereocenters. The Balaban J connectivity index is 1.51. The smallest absolute Gasteiger partial charge is 0.338 e. The molecule has 1 aliphatic heterocycles. The van der Waals surface area contributed by atoms with Gasteiger partial charge in [0.25, 0.3) is 0 Å². The van der Waals surface area contributed by atoms with Gasteiger partial charge < -0.3 is 10.1 Å². The lowest BCUT2D eigenvalue weighted by Crippen LogP contribution is -2.27. The number of anilines is 1. The van der Waals surface area contributed by atoms with Crippen molar-refractivity contribution in [2.24, 2.45) is 0 Å². The summed E-state index contributed by atoms with van der Waals surface area (Å²) >= 11 is 1.21. The number of carbonyl (C=O) groups excluding carboxylic acids is 2. The number of hydrogen-bond donors (Lipinski definition) is 1. The SMILES string of the molecule is CCOC(=O)c1ccc(NC(=O)CSc2ccc(S(=O)(=O)N3CCCC3)cn2)cc1. The third-order valence-corrected chi connectivity index (χ3v) is 7.27. The Morgan fingerprint density at radius 3 is 2.43 bits per heavy atom. The number of benzene rings is 1. The lowest BCUT2D eigenvalue weighted by Gasteiger charge is -2.15. The van der Waals surface area contributed by atoms with E-state index in [4.69, 9.17) is 4.74 Å². The van der Waals surface area contributed by atoms with Crippen LogP contribution in [0.25, 0.3) is 0 Å². The standard InChI is InChI=1S/C20H23N3O5S2/c1-2-28-20(25)15-5-7-16(8-6-15)22-18(24)14-29-19-10-9-17(13-21-19)30(26,27)23-11-3-4-12-23/h5-10,13H,2-4,11-12,14H2,1H3,(H,22,24). The molecule has 3 rings (SSSR count). The minimum Gasteiger partial charge on any atom is -0.462 e. The van der Waals surface area contributed by atoms with Crippen molar-refractivity contribution < 1.29 is 22.7 Å². The topological polar surface area (TPSA) is 106 Å². The maximum Gasteiger partial charge on any atom is 0.338 e. The van der Waals surface area contributed by atoms with E-state index in [0.29, 0.717) is 36.0 Å². The number of ether oxygens (including phenoxy) is 1. The number of carbonyl (C=O) groups is 2. The Morgan fingerprint density at radius 1 is 1.13 bits per heavy atom. The Hall–Kier alpha value is -2.43. The van der Waals surface area contributed by atoms with Crippen molar-refractivity contribution in [3.05, 3.63) is 48.2 Å². The summed E-state index contributed by atoms with van der Waals surface area (Å²) in [6.45, 7) is 3.12. The molecule has 0 bridgehead atoms. The molecular weight excluding hydrogens is 426 g/mol. The van der Waals surface area contributed by atoms with Crippen molar-refractivity contribution in [3.8, 4) is 0 Å². The van der Waals surface area contributed by atoms with E-state index < -0.39 is 16.0 Å². The molecule has 1 fully saturated rings. The molecule has 8 nitrogen and oxygen atoms in total. The van der Waals surface area contributed by atoms with E-state index in [1.165, 1.54) is 28.3 Å². The molecule has 0 unspecified atom stereocenters. The van der Waals surface area contributed by atoms with Crippen LogP contribution in [0.2, 0.25) is 0 Å². The van der Waals surface area contributed by atoms with Crippen LogP contribution in [0.5, 0.6) is 0 Å². The van der Waals surface area contributed by atoms with Gasteiger partial charge >= 0.3 is 5.97 Å². The minimum atomic E-state index is -3.49. The first-order chi connectivity index (χ1) is 14.4. The van der Waals surface area contributed by atoms with Gasteiger partial charge in [0.05, 0.1) is 22.9 Å². The van der Waals surface area contributed by atoms with E-state index in [9.17, 15) is 18.0 Å². The van der Waals surface area contributed by atoms with Crippen LogP contribution < -0.4 is 5.32 Å². The summed E-state index contributed by atoms with van der Waals surface area (Å²) in [6.07, 6.45) is 3.09. The first-order valence-corrected chi connectivity index (χ1v) is 12.0. The van der Waals surface area contributed by atoms with Gasteiger partial charge in [-0.3, -0.25) is 4.79 Å². The van der Waals surface area contributed by atoms with Crippen LogP contribution in [0.15, 0.2) is 52.5 Å². The van der Waals surface area contributed by atoms with Crippen molar-refractivity contribution in [3.63, 3.8) is 0 Å². The molecule has 1 aliphatic rings.